The van der Waals surface area contributed by atoms with E-state index in [1.807, 2.05) is 32.9 Å². The van der Waals surface area contributed by atoms with Crippen LogP contribution in [0.15, 0.2) is 28.5 Å². The van der Waals surface area contributed by atoms with Gasteiger partial charge in [0.2, 0.25) is 0 Å². The molecule has 0 fully saturated rings. The van der Waals surface area contributed by atoms with E-state index in [1.54, 1.807) is 13.1 Å². The molecule has 0 spiro atoms. The SMILES string of the molecule is Cc1nc(Sc2ncccc2[C@@H](C)O)nc(C)c1C. The fourth-order valence-electron chi connectivity index (χ4n) is 1.68. The lowest BCUT2D eigenvalue weighted by atomic mass is 10.2. The predicted octanol–water partition coefficient (Wildman–Crippen LogP) is 3.00. The zero-order chi connectivity index (χ0) is 14.0. The molecule has 0 aliphatic heterocycles. The van der Waals surface area contributed by atoms with Gasteiger partial charge in [0, 0.05) is 23.1 Å². The molecule has 0 aliphatic carbocycles. The Balaban J connectivity index is 2.37. The molecule has 19 heavy (non-hydrogen) atoms. The van der Waals surface area contributed by atoms with Gasteiger partial charge in [-0.25, -0.2) is 15.0 Å². The minimum atomic E-state index is -0.552. The zero-order valence-electron chi connectivity index (χ0n) is 11.5. The highest BCUT2D eigenvalue weighted by molar-refractivity contribution is 7.99. The second-order valence-corrected chi connectivity index (χ2v) is 5.43. The van der Waals surface area contributed by atoms with Crippen molar-refractivity contribution in [1.82, 2.24) is 15.0 Å². The molecule has 2 rings (SSSR count). The number of hydrogen-bond acceptors (Lipinski definition) is 5. The number of nitrogens with zero attached hydrogens (tertiary/aromatic N) is 3. The largest absolute Gasteiger partial charge is 0.389 e. The lowest BCUT2D eigenvalue weighted by Crippen LogP contribution is -2.00. The van der Waals surface area contributed by atoms with Gasteiger partial charge in [0.25, 0.3) is 0 Å². The third kappa shape index (κ3) is 3.11. The average molecular weight is 275 g/mol. The van der Waals surface area contributed by atoms with Gasteiger partial charge in [0.1, 0.15) is 5.03 Å². The van der Waals surface area contributed by atoms with Crippen molar-refractivity contribution >= 4 is 11.8 Å². The highest BCUT2D eigenvalue weighted by atomic mass is 32.2. The van der Waals surface area contributed by atoms with Crippen molar-refractivity contribution in [2.75, 3.05) is 0 Å². The van der Waals surface area contributed by atoms with Gasteiger partial charge < -0.3 is 5.11 Å². The smallest absolute Gasteiger partial charge is 0.194 e. The Morgan fingerprint density at radius 2 is 1.79 bits per heavy atom. The summed E-state index contributed by atoms with van der Waals surface area (Å²) in [6.45, 7) is 7.69. The van der Waals surface area contributed by atoms with Gasteiger partial charge in [-0.05, 0) is 51.1 Å². The van der Waals surface area contributed by atoms with Gasteiger partial charge in [0.05, 0.1) is 6.10 Å². The van der Waals surface area contributed by atoms with Gasteiger partial charge in [-0.1, -0.05) is 6.07 Å². The fourth-order valence-corrected chi connectivity index (χ4v) is 2.69. The Morgan fingerprint density at radius 3 is 2.37 bits per heavy atom. The number of aliphatic hydroxyl groups is 1. The molecule has 100 valence electrons. The van der Waals surface area contributed by atoms with E-state index in [2.05, 4.69) is 15.0 Å². The molecule has 0 saturated carbocycles. The van der Waals surface area contributed by atoms with Crippen molar-refractivity contribution in [3.63, 3.8) is 0 Å². The summed E-state index contributed by atoms with van der Waals surface area (Å²) in [5, 5.41) is 11.2. The standard InChI is InChI=1S/C14H17N3OS/c1-8-9(2)16-14(17-10(8)3)19-13-12(11(4)18)6-5-7-15-13/h5-7,11,18H,1-4H3/t11-/m1/s1. The first kappa shape index (κ1) is 14.0. The molecule has 0 saturated heterocycles. The first-order valence-corrected chi connectivity index (χ1v) is 6.93. The van der Waals surface area contributed by atoms with Crippen molar-refractivity contribution in [2.24, 2.45) is 0 Å². The lowest BCUT2D eigenvalue weighted by molar-refractivity contribution is 0.195. The van der Waals surface area contributed by atoms with E-state index < -0.39 is 6.10 Å². The highest BCUT2D eigenvalue weighted by Crippen LogP contribution is 2.30. The minimum absolute atomic E-state index is 0.552. The molecule has 1 N–H and O–H groups in total. The molecule has 0 bridgehead atoms. The molecule has 1 atom stereocenters. The molecule has 5 heteroatoms. The van der Waals surface area contributed by atoms with Crippen LogP contribution in [0.2, 0.25) is 0 Å². The molecular formula is C14H17N3OS. The van der Waals surface area contributed by atoms with Crippen LogP contribution in [0.25, 0.3) is 0 Å². The van der Waals surface area contributed by atoms with Crippen LogP contribution in [-0.4, -0.2) is 20.1 Å². The van der Waals surface area contributed by atoms with Crippen molar-refractivity contribution in [2.45, 2.75) is 44.0 Å². The summed E-state index contributed by atoms with van der Waals surface area (Å²) in [5.41, 5.74) is 3.86. The molecule has 2 aromatic rings. The van der Waals surface area contributed by atoms with Crippen LogP contribution < -0.4 is 0 Å². The van der Waals surface area contributed by atoms with Gasteiger partial charge in [-0.15, -0.1) is 0 Å². The van der Waals surface area contributed by atoms with Gasteiger partial charge in [-0.2, -0.15) is 0 Å². The maximum Gasteiger partial charge on any atom is 0.194 e. The van der Waals surface area contributed by atoms with Crippen molar-refractivity contribution < 1.29 is 5.11 Å². The van der Waals surface area contributed by atoms with Crippen LogP contribution in [0, 0.1) is 20.8 Å². The summed E-state index contributed by atoms with van der Waals surface area (Å²) < 4.78 is 0. The monoisotopic (exact) mass is 275 g/mol. The van der Waals surface area contributed by atoms with Gasteiger partial charge in [-0.3, -0.25) is 0 Å². The van der Waals surface area contributed by atoms with Crippen molar-refractivity contribution in [1.29, 1.82) is 0 Å². The Kier molecular flexibility index (Phi) is 4.17. The van der Waals surface area contributed by atoms with Crippen LogP contribution >= 0.6 is 11.8 Å². The number of pyridine rings is 1. The third-order valence-corrected chi connectivity index (χ3v) is 3.95. The summed E-state index contributed by atoms with van der Waals surface area (Å²) in [4.78, 5) is 13.2. The predicted molar refractivity (Wildman–Crippen MR) is 75.2 cm³/mol. The Hall–Kier alpha value is -1.46. The van der Waals surface area contributed by atoms with Crippen LogP contribution in [0.4, 0.5) is 0 Å². The number of aryl methyl sites for hydroxylation is 2. The quantitative estimate of drug-likeness (QED) is 0.873. The van der Waals surface area contributed by atoms with E-state index in [0.717, 1.165) is 27.5 Å². The molecule has 2 aromatic heterocycles. The highest BCUT2D eigenvalue weighted by Gasteiger charge is 2.13. The second kappa shape index (κ2) is 5.67. The van der Waals surface area contributed by atoms with E-state index in [4.69, 9.17) is 0 Å². The second-order valence-electron chi connectivity index (χ2n) is 4.48. The molecular weight excluding hydrogens is 258 g/mol. The van der Waals surface area contributed by atoms with Gasteiger partial charge >= 0.3 is 0 Å². The van der Waals surface area contributed by atoms with E-state index in [1.165, 1.54) is 11.8 Å². The zero-order valence-corrected chi connectivity index (χ0v) is 12.3. The summed E-state index contributed by atoms with van der Waals surface area (Å²) in [7, 11) is 0. The van der Waals surface area contributed by atoms with Gasteiger partial charge in [0.15, 0.2) is 5.16 Å². The normalized spacial score (nSPS) is 12.5. The molecule has 4 nitrogen and oxygen atoms in total. The molecule has 0 aliphatic rings. The summed E-state index contributed by atoms with van der Waals surface area (Å²) in [6.07, 6.45) is 1.16. The molecule has 0 radical (unpaired) electrons. The van der Waals surface area contributed by atoms with E-state index in [0.29, 0.717) is 5.16 Å². The summed E-state index contributed by atoms with van der Waals surface area (Å²) in [5.74, 6) is 0. The number of hydrogen-bond donors (Lipinski definition) is 1. The average Bonchev–Trinajstić information content (AvgIpc) is 2.36. The fraction of sp³-hybridized carbons (Fsp3) is 0.357. The van der Waals surface area contributed by atoms with Crippen LogP contribution in [-0.2, 0) is 0 Å². The Bertz CT molecular complexity index is 576. The summed E-state index contributed by atoms with van der Waals surface area (Å²) >= 11 is 1.39. The van der Waals surface area contributed by atoms with E-state index >= 15 is 0 Å². The topological polar surface area (TPSA) is 58.9 Å². The van der Waals surface area contributed by atoms with E-state index in [9.17, 15) is 5.11 Å². The maximum absolute atomic E-state index is 9.74. The minimum Gasteiger partial charge on any atom is -0.389 e. The van der Waals surface area contributed by atoms with Crippen molar-refractivity contribution in [3.8, 4) is 0 Å². The molecule has 2 heterocycles. The molecule has 0 aromatic carbocycles. The Morgan fingerprint density at radius 1 is 1.16 bits per heavy atom. The number of aliphatic hydroxyl groups excluding tert-OH is 1. The van der Waals surface area contributed by atoms with Crippen LogP contribution in [0.5, 0.6) is 0 Å². The van der Waals surface area contributed by atoms with Crippen LogP contribution in [0.3, 0.4) is 0 Å². The Labute approximate surface area is 117 Å². The van der Waals surface area contributed by atoms with Crippen LogP contribution in [0.1, 0.15) is 35.5 Å². The molecule has 0 amide bonds. The first-order chi connectivity index (χ1) is 8.99. The maximum atomic E-state index is 9.74. The lowest BCUT2D eigenvalue weighted by Gasteiger charge is -2.10. The third-order valence-electron chi connectivity index (χ3n) is 3.05. The van der Waals surface area contributed by atoms with Crippen molar-refractivity contribution in [3.05, 3.63) is 40.8 Å². The number of rotatable bonds is 3. The molecule has 0 unspecified atom stereocenters. The van der Waals surface area contributed by atoms with E-state index in [-0.39, 0.29) is 0 Å². The first-order valence-electron chi connectivity index (χ1n) is 6.11. The summed E-state index contributed by atoms with van der Waals surface area (Å²) in [6, 6.07) is 3.69. The number of aromatic nitrogens is 3.